The zero-order valence-corrected chi connectivity index (χ0v) is 11.9. The highest BCUT2D eigenvalue weighted by Gasteiger charge is 2.30. The van der Waals surface area contributed by atoms with Gasteiger partial charge in [0.05, 0.1) is 0 Å². The molecule has 1 fully saturated rings. The van der Waals surface area contributed by atoms with Gasteiger partial charge in [-0.05, 0) is 33.7 Å². The molecule has 0 saturated heterocycles. The first-order chi connectivity index (χ1) is 8.45. The Morgan fingerprint density at radius 3 is 2.44 bits per heavy atom. The number of nitrogens with one attached hydrogen (secondary N) is 2. The van der Waals surface area contributed by atoms with E-state index in [2.05, 4.69) is 10.0 Å². The lowest BCUT2D eigenvalue weighted by Crippen LogP contribution is -2.39. The third-order valence-corrected chi connectivity index (χ3v) is 5.09. The predicted octanol–water partition coefficient (Wildman–Crippen LogP) is 1.45. The highest BCUT2D eigenvalue weighted by atomic mass is 32.2. The average molecular weight is 272 g/mol. The summed E-state index contributed by atoms with van der Waals surface area (Å²) in [5.74, 6) is 1.13. The second-order valence-corrected chi connectivity index (χ2v) is 6.45. The molecule has 6 heteroatoms. The molecular weight excluding hydrogens is 252 g/mol. The molecule has 0 amide bonds. The Kier molecular flexibility index (Phi) is 3.79. The average Bonchev–Trinajstić information content (AvgIpc) is 2.49. The van der Waals surface area contributed by atoms with E-state index in [1.54, 1.807) is 20.9 Å². The predicted molar refractivity (Wildman–Crippen MR) is 68.9 cm³/mol. The molecule has 1 aliphatic rings. The normalized spacial score (nSPS) is 16.8. The Morgan fingerprint density at radius 2 is 1.94 bits per heavy atom. The molecule has 0 aliphatic heterocycles. The van der Waals surface area contributed by atoms with Crippen LogP contribution in [0.15, 0.2) is 9.31 Å². The van der Waals surface area contributed by atoms with Gasteiger partial charge in [0.25, 0.3) is 0 Å². The van der Waals surface area contributed by atoms with Gasteiger partial charge < -0.3 is 9.73 Å². The molecule has 18 heavy (non-hydrogen) atoms. The minimum atomic E-state index is -3.47. The fraction of sp³-hybridized carbons (Fsp3) is 0.667. The zero-order valence-electron chi connectivity index (χ0n) is 11.0. The van der Waals surface area contributed by atoms with Crippen molar-refractivity contribution in [3.63, 3.8) is 0 Å². The molecule has 0 bridgehead atoms. The third kappa shape index (κ3) is 2.46. The molecule has 1 aromatic heterocycles. The summed E-state index contributed by atoms with van der Waals surface area (Å²) in [6.45, 7) is 3.98. The molecular formula is C12H20N2O3S. The highest BCUT2D eigenvalue weighted by molar-refractivity contribution is 7.89. The van der Waals surface area contributed by atoms with Crippen molar-refractivity contribution in [3.8, 4) is 0 Å². The lowest BCUT2D eigenvalue weighted by atomic mass is 9.94. The van der Waals surface area contributed by atoms with Crippen LogP contribution >= 0.6 is 0 Å². The van der Waals surface area contributed by atoms with Gasteiger partial charge in [0.15, 0.2) is 0 Å². The zero-order chi connectivity index (χ0) is 13.3. The largest absolute Gasteiger partial charge is 0.465 e. The SMILES string of the molecule is CNCc1c(C)oc(C)c1S(=O)(=O)NC1CCC1. The molecule has 1 aromatic rings. The fourth-order valence-corrected chi connectivity index (χ4v) is 4.00. The molecule has 0 radical (unpaired) electrons. The van der Waals surface area contributed by atoms with Crippen molar-refractivity contribution in [2.24, 2.45) is 0 Å². The first-order valence-corrected chi connectivity index (χ1v) is 7.70. The minimum Gasteiger partial charge on any atom is -0.465 e. The first-order valence-electron chi connectivity index (χ1n) is 6.21. The number of rotatable bonds is 5. The number of hydrogen-bond donors (Lipinski definition) is 2. The fourth-order valence-electron chi connectivity index (χ4n) is 2.25. The van der Waals surface area contributed by atoms with Crippen LogP contribution in [-0.2, 0) is 16.6 Å². The number of sulfonamides is 1. The van der Waals surface area contributed by atoms with Crippen molar-refractivity contribution in [3.05, 3.63) is 17.1 Å². The van der Waals surface area contributed by atoms with Crippen LogP contribution in [-0.4, -0.2) is 21.5 Å². The van der Waals surface area contributed by atoms with Crippen LogP contribution in [0.1, 0.15) is 36.3 Å². The third-order valence-electron chi connectivity index (χ3n) is 3.37. The quantitative estimate of drug-likeness (QED) is 0.851. The van der Waals surface area contributed by atoms with E-state index in [1.807, 2.05) is 0 Å². The van der Waals surface area contributed by atoms with Crippen molar-refractivity contribution in [1.82, 2.24) is 10.0 Å². The van der Waals surface area contributed by atoms with Crippen LogP contribution in [0.4, 0.5) is 0 Å². The summed E-state index contributed by atoms with van der Waals surface area (Å²) in [6, 6.07) is 0.0899. The van der Waals surface area contributed by atoms with Crippen molar-refractivity contribution in [1.29, 1.82) is 0 Å². The van der Waals surface area contributed by atoms with Crippen molar-refractivity contribution >= 4 is 10.0 Å². The molecule has 5 nitrogen and oxygen atoms in total. The van der Waals surface area contributed by atoms with Gasteiger partial charge in [-0.15, -0.1) is 0 Å². The summed E-state index contributed by atoms with van der Waals surface area (Å²) >= 11 is 0. The first kappa shape index (κ1) is 13.6. The second kappa shape index (κ2) is 5.03. The Labute approximate surface area is 108 Å². The van der Waals surface area contributed by atoms with E-state index in [9.17, 15) is 8.42 Å². The Bertz CT molecular complexity index is 530. The monoisotopic (exact) mass is 272 g/mol. The van der Waals surface area contributed by atoms with Gasteiger partial charge >= 0.3 is 0 Å². The number of hydrogen-bond acceptors (Lipinski definition) is 4. The van der Waals surface area contributed by atoms with Gasteiger partial charge in [-0.3, -0.25) is 0 Å². The summed E-state index contributed by atoms with van der Waals surface area (Å²) in [5.41, 5.74) is 0.724. The van der Waals surface area contributed by atoms with Crippen molar-refractivity contribution in [2.75, 3.05) is 7.05 Å². The van der Waals surface area contributed by atoms with Crippen molar-refractivity contribution in [2.45, 2.75) is 50.6 Å². The van der Waals surface area contributed by atoms with Gasteiger partial charge in [-0.2, -0.15) is 0 Å². The molecule has 1 saturated carbocycles. The number of furan rings is 1. The molecule has 0 atom stereocenters. The van der Waals surface area contributed by atoms with Gasteiger partial charge in [0, 0.05) is 18.2 Å². The van der Waals surface area contributed by atoms with Crippen LogP contribution in [0, 0.1) is 13.8 Å². The maximum atomic E-state index is 12.4. The molecule has 2 rings (SSSR count). The summed E-state index contributed by atoms with van der Waals surface area (Å²) in [5, 5.41) is 2.98. The van der Waals surface area contributed by atoms with E-state index in [-0.39, 0.29) is 6.04 Å². The lowest BCUT2D eigenvalue weighted by Gasteiger charge is -2.26. The summed E-state index contributed by atoms with van der Waals surface area (Å²) in [6.07, 6.45) is 2.95. The van der Waals surface area contributed by atoms with Gasteiger partial charge in [-0.1, -0.05) is 6.42 Å². The highest BCUT2D eigenvalue weighted by Crippen LogP contribution is 2.28. The number of aryl methyl sites for hydroxylation is 2. The summed E-state index contributed by atoms with van der Waals surface area (Å²) in [7, 11) is -1.68. The van der Waals surface area contributed by atoms with Crippen LogP contribution in [0.25, 0.3) is 0 Å². The molecule has 0 aromatic carbocycles. The standard InChI is InChI=1S/C12H20N2O3S/c1-8-11(7-13-3)12(9(2)17-8)18(15,16)14-10-5-4-6-10/h10,13-14H,4-7H2,1-3H3. The van der Waals surface area contributed by atoms with E-state index in [1.165, 1.54) is 0 Å². The second-order valence-electron chi connectivity index (χ2n) is 4.80. The van der Waals surface area contributed by atoms with Gasteiger partial charge in [-0.25, -0.2) is 13.1 Å². The Hall–Kier alpha value is -0.850. The van der Waals surface area contributed by atoms with Crippen LogP contribution in [0.5, 0.6) is 0 Å². The molecule has 1 aliphatic carbocycles. The van der Waals surface area contributed by atoms with E-state index >= 15 is 0 Å². The van der Waals surface area contributed by atoms with Crippen molar-refractivity contribution < 1.29 is 12.8 Å². The van der Waals surface area contributed by atoms with E-state index in [0.717, 1.165) is 24.8 Å². The topological polar surface area (TPSA) is 71.3 Å². The van der Waals surface area contributed by atoms with Gasteiger partial charge in [0.1, 0.15) is 16.4 Å². The maximum absolute atomic E-state index is 12.4. The van der Waals surface area contributed by atoms with E-state index < -0.39 is 10.0 Å². The molecule has 102 valence electrons. The van der Waals surface area contributed by atoms with Gasteiger partial charge in [0.2, 0.25) is 10.0 Å². The molecule has 1 heterocycles. The molecule has 2 N–H and O–H groups in total. The lowest BCUT2D eigenvalue weighted by molar-refractivity contribution is 0.383. The summed E-state index contributed by atoms with van der Waals surface area (Å²) < 4.78 is 32.9. The molecule has 0 spiro atoms. The van der Waals surface area contributed by atoms with E-state index in [4.69, 9.17) is 4.42 Å². The van der Waals surface area contributed by atoms with Crippen LogP contribution in [0.3, 0.4) is 0 Å². The smallest absolute Gasteiger partial charge is 0.244 e. The van der Waals surface area contributed by atoms with Crippen LogP contribution in [0.2, 0.25) is 0 Å². The Morgan fingerprint density at radius 1 is 1.28 bits per heavy atom. The van der Waals surface area contributed by atoms with Crippen LogP contribution < -0.4 is 10.0 Å². The van der Waals surface area contributed by atoms with E-state index in [0.29, 0.717) is 23.0 Å². The summed E-state index contributed by atoms with van der Waals surface area (Å²) in [4.78, 5) is 0.307. The maximum Gasteiger partial charge on any atom is 0.244 e. The molecule has 0 unspecified atom stereocenters. The Balaban J connectivity index is 2.35. The minimum absolute atomic E-state index is 0.0899.